The van der Waals surface area contributed by atoms with E-state index in [4.69, 9.17) is 10.3 Å². The molecule has 2 aromatic heterocycles. The molecule has 5 heteroatoms. The number of hydrogen-bond donors (Lipinski definition) is 1. The summed E-state index contributed by atoms with van der Waals surface area (Å²) in [6.07, 6.45) is 2.37. The Morgan fingerprint density at radius 2 is 2.29 bits per heavy atom. The van der Waals surface area contributed by atoms with E-state index in [-0.39, 0.29) is 0 Å². The lowest BCUT2D eigenvalue weighted by atomic mass is 10.3. The molecule has 0 saturated heterocycles. The zero-order valence-corrected chi connectivity index (χ0v) is 7.77. The van der Waals surface area contributed by atoms with Crippen LogP contribution in [0.5, 0.6) is 0 Å². The van der Waals surface area contributed by atoms with Crippen molar-refractivity contribution in [1.82, 2.24) is 15.1 Å². The van der Waals surface area contributed by atoms with Gasteiger partial charge in [-0.2, -0.15) is 4.98 Å². The minimum Gasteiger partial charge on any atom is -0.384 e. The molecule has 0 radical (unpaired) electrons. The average molecular weight is 190 g/mol. The molecule has 0 unspecified atom stereocenters. The minimum absolute atomic E-state index is 0.476. The molecule has 0 aliphatic carbocycles. The Labute approximate surface area is 81.0 Å². The first-order valence-electron chi connectivity index (χ1n) is 4.34. The molecule has 0 bridgehead atoms. The summed E-state index contributed by atoms with van der Waals surface area (Å²) in [4.78, 5) is 8.11. The van der Waals surface area contributed by atoms with Gasteiger partial charge < -0.3 is 10.3 Å². The third-order valence-electron chi connectivity index (χ3n) is 1.82. The van der Waals surface area contributed by atoms with Crippen molar-refractivity contribution in [3.05, 3.63) is 24.2 Å². The molecular weight excluding hydrogens is 180 g/mol. The topological polar surface area (TPSA) is 77.8 Å². The second-order valence-corrected chi connectivity index (χ2v) is 2.84. The number of nitrogens with zero attached hydrogens (tertiary/aromatic N) is 3. The molecule has 14 heavy (non-hydrogen) atoms. The van der Waals surface area contributed by atoms with Crippen LogP contribution in [-0.4, -0.2) is 15.1 Å². The average Bonchev–Trinajstić information content (AvgIpc) is 2.67. The van der Waals surface area contributed by atoms with Crippen LogP contribution in [0.3, 0.4) is 0 Å². The van der Waals surface area contributed by atoms with E-state index in [1.807, 2.05) is 6.92 Å². The van der Waals surface area contributed by atoms with Gasteiger partial charge in [0.15, 0.2) is 5.82 Å². The second kappa shape index (κ2) is 3.45. The second-order valence-electron chi connectivity index (χ2n) is 2.84. The van der Waals surface area contributed by atoms with Gasteiger partial charge in [0.05, 0.1) is 5.56 Å². The highest BCUT2D eigenvalue weighted by Crippen LogP contribution is 2.16. The Balaban J connectivity index is 2.34. The summed E-state index contributed by atoms with van der Waals surface area (Å²) in [6.45, 7) is 1.97. The molecule has 2 N–H and O–H groups in total. The standard InChI is InChI=1S/C9H10N4O/c1-2-8-12-9(14-13-8)6-3-4-7(10)11-5-6/h3-5H,2H2,1H3,(H2,10,11). The van der Waals surface area contributed by atoms with Gasteiger partial charge in [-0.3, -0.25) is 0 Å². The van der Waals surface area contributed by atoms with Gasteiger partial charge >= 0.3 is 0 Å². The molecule has 2 heterocycles. The lowest BCUT2D eigenvalue weighted by Crippen LogP contribution is -1.89. The largest absolute Gasteiger partial charge is 0.384 e. The van der Waals surface area contributed by atoms with E-state index in [2.05, 4.69) is 15.1 Å². The number of nitrogen functional groups attached to an aromatic ring is 1. The van der Waals surface area contributed by atoms with Crippen LogP contribution in [0.1, 0.15) is 12.7 Å². The number of aromatic nitrogens is 3. The van der Waals surface area contributed by atoms with Crippen molar-refractivity contribution in [2.24, 2.45) is 0 Å². The van der Waals surface area contributed by atoms with Gasteiger partial charge in [-0.05, 0) is 12.1 Å². The predicted octanol–water partition coefficient (Wildman–Crippen LogP) is 1.28. The predicted molar refractivity (Wildman–Crippen MR) is 51.3 cm³/mol. The smallest absolute Gasteiger partial charge is 0.259 e. The summed E-state index contributed by atoms with van der Waals surface area (Å²) in [5, 5.41) is 3.79. The molecule has 0 aliphatic heterocycles. The third kappa shape index (κ3) is 1.56. The number of hydrogen-bond acceptors (Lipinski definition) is 5. The molecule has 2 rings (SSSR count). The van der Waals surface area contributed by atoms with E-state index in [1.165, 1.54) is 0 Å². The summed E-state index contributed by atoms with van der Waals surface area (Å²) in [5.74, 6) is 1.65. The molecular formula is C9H10N4O. The van der Waals surface area contributed by atoms with Crippen molar-refractivity contribution in [2.45, 2.75) is 13.3 Å². The molecule has 0 aliphatic rings. The monoisotopic (exact) mass is 190 g/mol. The molecule has 0 amide bonds. The lowest BCUT2D eigenvalue weighted by molar-refractivity contribution is 0.423. The molecule has 0 spiro atoms. The van der Waals surface area contributed by atoms with Crippen molar-refractivity contribution >= 4 is 5.82 Å². The fourth-order valence-corrected chi connectivity index (χ4v) is 1.05. The number of rotatable bonds is 2. The Hall–Kier alpha value is -1.91. The fourth-order valence-electron chi connectivity index (χ4n) is 1.05. The van der Waals surface area contributed by atoms with E-state index in [0.717, 1.165) is 12.0 Å². The van der Waals surface area contributed by atoms with Crippen LogP contribution >= 0.6 is 0 Å². The molecule has 0 atom stereocenters. The number of aryl methyl sites for hydroxylation is 1. The summed E-state index contributed by atoms with van der Waals surface area (Å²) in [7, 11) is 0. The third-order valence-corrected chi connectivity index (χ3v) is 1.82. The Morgan fingerprint density at radius 3 is 2.86 bits per heavy atom. The minimum atomic E-state index is 0.476. The van der Waals surface area contributed by atoms with Crippen molar-refractivity contribution < 1.29 is 4.52 Å². The lowest BCUT2D eigenvalue weighted by Gasteiger charge is -1.93. The first kappa shape index (κ1) is 8.68. The van der Waals surface area contributed by atoms with E-state index in [0.29, 0.717) is 17.5 Å². The van der Waals surface area contributed by atoms with Crippen molar-refractivity contribution in [2.75, 3.05) is 5.73 Å². The van der Waals surface area contributed by atoms with Gasteiger partial charge in [-0.1, -0.05) is 12.1 Å². The van der Waals surface area contributed by atoms with Gasteiger partial charge in [0, 0.05) is 12.6 Å². The van der Waals surface area contributed by atoms with Gasteiger partial charge in [0.1, 0.15) is 5.82 Å². The molecule has 2 aromatic rings. The van der Waals surface area contributed by atoms with E-state index in [9.17, 15) is 0 Å². The first-order chi connectivity index (χ1) is 6.79. The van der Waals surface area contributed by atoms with Crippen LogP contribution in [0.4, 0.5) is 5.82 Å². The number of pyridine rings is 1. The Kier molecular flexibility index (Phi) is 2.14. The Morgan fingerprint density at radius 1 is 1.43 bits per heavy atom. The van der Waals surface area contributed by atoms with Gasteiger partial charge in [-0.25, -0.2) is 4.98 Å². The van der Waals surface area contributed by atoms with Crippen LogP contribution in [0.2, 0.25) is 0 Å². The maximum atomic E-state index is 5.46. The van der Waals surface area contributed by atoms with Gasteiger partial charge in [0.25, 0.3) is 5.89 Å². The van der Waals surface area contributed by atoms with Crippen LogP contribution < -0.4 is 5.73 Å². The normalized spacial score (nSPS) is 10.4. The van der Waals surface area contributed by atoms with E-state index in [1.54, 1.807) is 18.3 Å². The first-order valence-corrected chi connectivity index (χ1v) is 4.34. The summed E-state index contributed by atoms with van der Waals surface area (Å²) in [5.41, 5.74) is 6.24. The van der Waals surface area contributed by atoms with Gasteiger partial charge in [-0.15, -0.1) is 0 Å². The molecule has 72 valence electrons. The zero-order chi connectivity index (χ0) is 9.97. The highest BCUT2D eigenvalue weighted by molar-refractivity contribution is 5.53. The van der Waals surface area contributed by atoms with Crippen LogP contribution in [0.15, 0.2) is 22.9 Å². The van der Waals surface area contributed by atoms with Crippen molar-refractivity contribution in [3.8, 4) is 11.5 Å². The SMILES string of the molecule is CCc1noc(-c2ccc(N)nc2)n1. The van der Waals surface area contributed by atoms with Crippen LogP contribution in [-0.2, 0) is 6.42 Å². The maximum absolute atomic E-state index is 5.46. The quantitative estimate of drug-likeness (QED) is 0.771. The highest BCUT2D eigenvalue weighted by atomic mass is 16.5. The molecule has 5 nitrogen and oxygen atoms in total. The van der Waals surface area contributed by atoms with Crippen molar-refractivity contribution in [3.63, 3.8) is 0 Å². The molecule has 0 aromatic carbocycles. The summed E-state index contributed by atoms with van der Waals surface area (Å²) in [6, 6.07) is 3.50. The van der Waals surface area contributed by atoms with Gasteiger partial charge in [0.2, 0.25) is 0 Å². The summed E-state index contributed by atoms with van der Waals surface area (Å²) < 4.78 is 5.04. The van der Waals surface area contributed by atoms with Crippen LogP contribution in [0.25, 0.3) is 11.5 Å². The number of nitrogens with two attached hydrogens (primary N) is 1. The van der Waals surface area contributed by atoms with Crippen LogP contribution in [0, 0.1) is 0 Å². The fraction of sp³-hybridized carbons (Fsp3) is 0.222. The molecule has 0 saturated carbocycles. The highest BCUT2D eigenvalue weighted by Gasteiger charge is 2.06. The number of anilines is 1. The maximum Gasteiger partial charge on any atom is 0.259 e. The Bertz CT molecular complexity index is 421. The van der Waals surface area contributed by atoms with Crippen molar-refractivity contribution in [1.29, 1.82) is 0 Å². The van der Waals surface area contributed by atoms with E-state index < -0.39 is 0 Å². The molecule has 0 fully saturated rings. The van der Waals surface area contributed by atoms with E-state index >= 15 is 0 Å². The summed E-state index contributed by atoms with van der Waals surface area (Å²) >= 11 is 0. The zero-order valence-electron chi connectivity index (χ0n) is 7.77.